The van der Waals surface area contributed by atoms with Crippen LogP contribution in [0.15, 0.2) is 42.5 Å². The highest BCUT2D eigenvalue weighted by Gasteiger charge is 2.43. The Bertz CT molecular complexity index is 820. The first-order valence-electron chi connectivity index (χ1n) is 8.00. The first kappa shape index (κ1) is 12.9. The van der Waals surface area contributed by atoms with Gasteiger partial charge in [-0.25, -0.2) is 0 Å². The lowest BCUT2D eigenvalue weighted by molar-refractivity contribution is 0.549. The van der Waals surface area contributed by atoms with Crippen molar-refractivity contribution in [1.82, 2.24) is 0 Å². The number of hydrogen-bond acceptors (Lipinski definition) is 0. The van der Waals surface area contributed by atoms with Gasteiger partial charge >= 0.3 is 0 Å². The van der Waals surface area contributed by atoms with Gasteiger partial charge in [0.25, 0.3) is 0 Å². The smallest absolute Gasteiger partial charge is 0.0217 e. The van der Waals surface area contributed by atoms with Gasteiger partial charge in [-0.1, -0.05) is 56.4 Å². The third kappa shape index (κ3) is 1.46. The van der Waals surface area contributed by atoms with Crippen LogP contribution in [0.1, 0.15) is 47.6 Å². The van der Waals surface area contributed by atoms with Crippen LogP contribution in [0.5, 0.6) is 0 Å². The molecular formula is C21H22. The van der Waals surface area contributed by atoms with Gasteiger partial charge in [-0.15, -0.1) is 0 Å². The highest BCUT2D eigenvalue weighted by Crippen LogP contribution is 2.55. The molecule has 0 N–H and O–H groups in total. The third-order valence-electron chi connectivity index (χ3n) is 5.64. The third-order valence-corrected chi connectivity index (χ3v) is 5.64. The van der Waals surface area contributed by atoms with E-state index < -0.39 is 0 Å². The predicted molar refractivity (Wildman–Crippen MR) is 91.2 cm³/mol. The van der Waals surface area contributed by atoms with Crippen molar-refractivity contribution in [3.05, 3.63) is 70.3 Å². The summed E-state index contributed by atoms with van der Waals surface area (Å²) in [4.78, 5) is 0. The Morgan fingerprint density at radius 1 is 1.10 bits per heavy atom. The molecule has 2 aromatic carbocycles. The zero-order chi connectivity index (χ0) is 14.8. The van der Waals surface area contributed by atoms with E-state index in [2.05, 4.69) is 70.2 Å². The summed E-state index contributed by atoms with van der Waals surface area (Å²) in [6.45, 7) is 9.21. The Morgan fingerprint density at radius 3 is 2.67 bits per heavy atom. The lowest BCUT2D eigenvalue weighted by Gasteiger charge is -2.31. The second kappa shape index (κ2) is 4.10. The van der Waals surface area contributed by atoms with Gasteiger partial charge in [0, 0.05) is 11.3 Å². The summed E-state index contributed by atoms with van der Waals surface area (Å²) in [5, 5.41) is 3.01. The van der Waals surface area contributed by atoms with Crippen LogP contribution in [0.4, 0.5) is 0 Å². The summed E-state index contributed by atoms with van der Waals surface area (Å²) in [5.74, 6) is 0.493. The van der Waals surface area contributed by atoms with E-state index in [-0.39, 0.29) is 5.41 Å². The van der Waals surface area contributed by atoms with E-state index in [0.717, 1.165) is 6.42 Å². The number of aryl methyl sites for hydroxylation is 3. The minimum absolute atomic E-state index is 0.123. The van der Waals surface area contributed by atoms with Crippen molar-refractivity contribution < 1.29 is 0 Å². The van der Waals surface area contributed by atoms with Crippen LogP contribution in [0.3, 0.4) is 0 Å². The number of fused-ring (bicyclic) bond motifs is 3. The molecule has 0 heteroatoms. The zero-order valence-corrected chi connectivity index (χ0v) is 13.3. The molecule has 2 aliphatic carbocycles. The predicted octanol–water partition coefficient (Wildman–Crippen LogP) is 5.50. The fourth-order valence-electron chi connectivity index (χ4n) is 4.54. The fraction of sp³-hybridized carbons (Fsp3) is 0.333. The Morgan fingerprint density at radius 2 is 1.90 bits per heavy atom. The molecule has 0 amide bonds. The van der Waals surface area contributed by atoms with E-state index in [1.54, 1.807) is 5.56 Å². The van der Waals surface area contributed by atoms with Gasteiger partial charge in [0.15, 0.2) is 0 Å². The van der Waals surface area contributed by atoms with E-state index in [0.29, 0.717) is 5.92 Å². The molecule has 0 bridgehead atoms. The van der Waals surface area contributed by atoms with Gasteiger partial charge in [-0.2, -0.15) is 0 Å². The molecule has 2 unspecified atom stereocenters. The molecule has 21 heavy (non-hydrogen) atoms. The number of benzene rings is 2. The normalized spacial score (nSPS) is 25.6. The molecule has 0 spiro atoms. The molecule has 0 aliphatic heterocycles. The van der Waals surface area contributed by atoms with Crippen molar-refractivity contribution in [3.8, 4) is 0 Å². The monoisotopic (exact) mass is 274 g/mol. The van der Waals surface area contributed by atoms with Gasteiger partial charge in [0.1, 0.15) is 0 Å². The van der Waals surface area contributed by atoms with Gasteiger partial charge < -0.3 is 0 Å². The van der Waals surface area contributed by atoms with Crippen LogP contribution < -0.4 is 0 Å². The minimum Gasteiger partial charge on any atom is -0.0758 e. The summed E-state index contributed by atoms with van der Waals surface area (Å²) < 4.78 is 0. The number of rotatable bonds is 1. The Balaban J connectivity index is 2.22. The molecule has 2 aromatic rings. The Hall–Kier alpha value is -1.82. The van der Waals surface area contributed by atoms with E-state index >= 15 is 0 Å². The Labute approximate surface area is 127 Å². The molecule has 4 rings (SSSR count). The van der Waals surface area contributed by atoms with Crippen molar-refractivity contribution in [2.75, 3.05) is 0 Å². The molecule has 0 heterocycles. The van der Waals surface area contributed by atoms with E-state index in [1.165, 1.54) is 33.0 Å². The van der Waals surface area contributed by atoms with E-state index in [9.17, 15) is 0 Å². The molecule has 0 saturated heterocycles. The van der Waals surface area contributed by atoms with Gasteiger partial charge in [0.2, 0.25) is 0 Å². The average Bonchev–Trinajstić information content (AvgIpc) is 2.73. The van der Waals surface area contributed by atoms with Crippen LogP contribution >= 0.6 is 0 Å². The quantitative estimate of drug-likeness (QED) is 0.644. The largest absolute Gasteiger partial charge is 0.0758 e. The van der Waals surface area contributed by atoms with Crippen LogP contribution in [0, 0.1) is 13.8 Å². The maximum atomic E-state index is 2.45. The highest BCUT2D eigenvalue weighted by molar-refractivity contribution is 5.98. The summed E-state index contributed by atoms with van der Waals surface area (Å²) in [5.41, 5.74) is 7.60. The van der Waals surface area contributed by atoms with Crippen molar-refractivity contribution in [2.24, 2.45) is 0 Å². The number of allylic oxidation sites excluding steroid dienone is 4. The lowest BCUT2D eigenvalue weighted by atomic mass is 9.72. The molecule has 0 radical (unpaired) electrons. The van der Waals surface area contributed by atoms with Gasteiger partial charge in [-0.05, 0) is 58.9 Å². The van der Waals surface area contributed by atoms with Crippen molar-refractivity contribution in [3.63, 3.8) is 0 Å². The minimum atomic E-state index is 0.123. The van der Waals surface area contributed by atoms with E-state index in [1.807, 2.05) is 0 Å². The first-order chi connectivity index (χ1) is 10.1. The molecule has 2 aliphatic rings. The van der Waals surface area contributed by atoms with Crippen molar-refractivity contribution >= 4 is 10.8 Å². The van der Waals surface area contributed by atoms with Crippen LogP contribution in [-0.2, 0) is 11.8 Å². The van der Waals surface area contributed by atoms with Crippen LogP contribution in [-0.4, -0.2) is 0 Å². The first-order valence-corrected chi connectivity index (χ1v) is 8.00. The molecule has 0 saturated carbocycles. The molecular weight excluding hydrogens is 252 g/mol. The summed E-state index contributed by atoms with van der Waals surface area (Å²) in [7, 11) is 0. The zero-order valence-electron chi connectivity index (χ0n) is 13.3. The van der Waals surface area contributed by atoms with E-state index in [4.69, 9.17) is 0 Å². The fourth-order valence-corrected chi connectivity index (χ4v) is 4.54. The molecule has 0 aromatic heterocycles. The Kier molecular flexibility index (Phi) is 2.52. The highest BCUT2D eigenvalue weighted by atomic mass is 14.5. The molecule has 0 nitrogen and oxygen atoms in total. The summed E-state index contributed by atoms with van der Waals surface area (Å²) >= 11 is 0. The summed E-state index contributed by atoms with van der Waals surface area (Å²) in [6.07, 6.45) is 10.3. The van der Waals surface area contributed by atoms with Gasteiger partial charge in [-0.3, -0.25) is 0 Å². The van der Waals surface area contributed by atoms with Gasteiger partial charge in [0.05, 0.1) is 0 Å². The maximum Gasteiger partial charge on any atom is 0.0217 e. The molecule has 2 atom stereocenters. The SMILES string of the molecule is CCc1c(C)cc2c3c(c(C)ccc13)C1C=CC=CC21C. The standard InChI is InChI=1S/C21H22/c1-5-15-14(3)12-18-20-16(15)10-9-13(2)19(20)17-8-6-7-11-21(17,18)4/h6-12,17H,5H2,1-4H3. The van der Waals surface area contributed by atoms with Crippen molar-refractivity contribution in [2.45, 2.75) is 45.4 Å². The van der Waals surface area contributed by atoms with Crippen molar-refractivity contribution in [1.29, 1.82) is 0 Å². The summed E-state index contributed by atoms with van der Waals surface area (Å²) in [6, 6.07) is 7.11. The second-order valence-corrected chi connectivity index (χ2v) is 6.80. The topological polar surface area (TPSA) is 0 Å². The average molecular weight is 274 g/mol. The second-order valence-electron chi connectivity index (χ2n) is 6.80. The molecule has 0 fully saturated rings. The lowest BCUT2D eigenvalue weighted by Crippen LogP contribution is -2.24. The number of hydrogen-bond donors (Lipinski definition) is 0. The van der Waals surface area contributed by atoms with Crippen LogP contribution in [0.25, 0.3) is 10.8 Å². The van der Waals surface area contributed by atoms with Crippen LogP contribution in [0.2, 0.25) is 0 Å². The molecule has 106 valence electrons. The maximum absolute atomic E-state index is 2.45.